The maximum absolute atomic E-state index is 13.2. The molecular formula is C12H15F3N2O. The van der Waals surface area contributed by atoms with Gasteiger partial charge in [0.2, 0.25) is 0 Å². The first-order valence-electron chi connectivity index (χ1n) is 5.79. The van der Waals surface area contributed by atoms with E-state index >= 15 is 0 Å². The van der Waals surface area contributed by atoms with Crippen LogP contribution in [0.25, 0.3) is 0 Å². The minimum Gasteiger partial charge on any atom is -0.508 e. The third-order valence-electron chi connectivity index (χ3n) is 3.06. The van der Waals surface area contributed by atoms with Crippen LogP contribution in [0.2, 0.25) is 0 Å². The summed E-state index contributed by atoms with van der Waals surface area (Å²) in [6.45, 7) is 1.69. The number of phenols is 1. The number of alkyl halides is 3. The van der Waals surface area contributed by atoms with E-state index in [4.69, 9.17) is 0 Å². The number of hydrogen-bond acceptors (Lipinski definition) is 3. The molecule has 18 heavy (non-hydrogen) atoms. The summed E-state index contributed by atoms with van der Waals surface area (Å²) >= 11 is 0. The second kappa shape index (κ2) is 5.16. The number of benzene rings is 1. The zero-order chi connectivity index (χ0) is 13.2. The number of aromatic hydroxyl groups is 1. The van der Waals surface area contributed by atoms with Crippen LogP contribution in [0.4, 0.5) is 13.2 Å². The molecular weight excluding hydrogens is 245 g/mol. The molecule has 1 aromatic carbocycles. The Morgan fingerprint density at radius 3 is 2.33 bits per heavy atom. The molecule has 1 aliphatic rings. The summed E-state index contributed by atoms with van der Waals surface area (Å²) in [5.41, 5.74) is -0.0769. The quantitative estimate of drug-likeness (QED) is 0.852. The first kappa shape index (κ1) is 13.2. The molecule has 0 bridgehead atoms. The van der Waals surface area contributed by atoms with Crippen molar-refractivity contribution in [1.82, 2.24) is 10.2 Å². The summed E-state index contributed by atoms with van der Waals surface area (Å²) in [4.78, 5) is 1.35. The molecule has 1 heterocycles. The van der Waals surface area contributed by atoms with E-state index in [1.165, 1.54) is 29.2 Å². The van der Waals surface area contributed by atoms with Gasteiger partial charge in [0, 0.05) is 31.7 Å². The Kier molecular flexibility index (Phi) is 3.77. The normalized spacial score (nSPS) is 19.7. The fourth-order valence-electron chi connectivity index (χ4n) is 2.24. The molecule has 1 atom stereocenters. The van der Waals surface area contributed by atoms with E-state index in [2.05, 4.69) is 5.32 Å². The van der Waals surface area contributed by atoms with Crippen molar-refractivity contribution in [2.75, 3.05) is 26.2 Å². The first-order chi connectivity index (χ1) is 8.50. The van der Waals surface area contributed by atoms with Crippen molar-refractivity contribution < 1.29 is 18.3 Å². The van der Waals surface area contributed by atoms with Gasteiger partial charge in [0.05, 0.1) is 0 Å². The average Bonchev–Trinajstić information content (AvgIpc) is 2.32. The molecule has 0 unspecified atom stereocenters. The van der Waals surface area contributed by atoms with Gasteiger partial charge in [-0.05, 0) is 6.07 Å². The van der Waals surface area contributed by atoms with Crippen molar-refractivity contribution in [3.8, 4) is 5.75 Å². The summed E-state index contributed by atoms with van der Waals surface area (Å²) in [6, 6.07) is 3.91. The minimum atomic E-state index is -4.39. The van der Waals surface area contributed by atoms with E-state index in [0.717, 1.165) is 0 Å². The van der Waals surface area contributed by atoms with Crippen LogP contribution in [0, 0.1) is 0 Å². The van der Waals surface area contributed by atoms with Crippen LogP contribution in [-0.4, -0.2) is 42.4 Å². The van der Waals surface area contributed by atoms with Gasteiger partial charge < -0.3 is 10.4 Å². The zero-order valence-electron chi connectivity index (χ0n) is 9.74. The van der Waals surface area contributed by atoms with Gasteiger partial charge in [-0.2, -0.15) is 13.2 Å². The molecule has 2 rings (SSSR count). The summed E-state index contributed by atoms with van der Waals surface area (Å²) in [5, 5.41) is 12.6. The predicted octanol–water partition coefficient (Wildman–Crippen LogP) is 1.90. The fraction of sp³-hybridized carbons (Fsp3) is 0.500. The Morgan fingerprint density at radius 1 is 1.17 bits per heavy atom. The maximum atomic E-state index is 13.2. The van der Waals surface area contributed by atoms with Crippen LogP contribution < -0.4 is 5.32 Å². The number of nitrogens with one attached hydrogen (secondary N) is 1. The van der Waals surface area contributed by atoms with Gasteiger partial charge in [-0.25, -0.2) is 0 Å². The van der Waals surface area contributed by atoms with Gasteiger partial charge in [-0.3, -0.25) is 4.90 Å². The van der Waals surface area contributed by atoms with Gasteiger partial charge in [0.1, 0.15) is 11.8 Å². The second-order valence-corrected chi connectivity index (χ2v) is 4.29. The van der Waals surface area contributed by atoms with E-state index in [0.29, 0.717) is 26.2 Å². The molecule has 3 nitrogen and oxygen atoms in total. The van der Waals surface area contributed by atoms with Crippen LogP contribution >= 0.6 is 0 Å². The molecule has 1 saturated heterocycles. The smallest absolute Gasteiger partial charge is 0.408 e. The molecule has 0 radical (unpaired) electrons. The highest BCUT2D eigenvalue weighted by Gasteiger charge is 2.45. The summed E-state index contributed by atoms with van der Waals surface area (Å²) in [5.74, 6) is -0.307. The molecule has 0 saturated carbocycles. The molecule has 0 aromatic heterocycles. The van der Waals surface area contributed by atoms with Crippen LogP contribution in [0.3, 0.4) is 0 Å². The van der Waals surface area contributed by atoms with Crippen LogP contribution in [0.5, 0.6) is 5.75 Å². The van der Waals surface area contributed by atoms with E-state index < -0.39 is 12.2 Å². The number of phenolic OH excluding ortho intramolecular Hbond substituents is 1. The molecule has 0 spiro atoms. The highest BCUT2D eigenvalue weighted by Crippen LogP contribution is 2.40. The van der Waals surface area contributed by atoms with Crippen LogP contribution in [0.15, 0.2) is 24.3 Å². The Morgan fingerprint density at radius 2 is 1.78 bits per heavy atom. The van der Waals surface area contributed by atoms with Crippen molar-refractivity contribution in [3.05, 3.63) is 29.8 Å². The summed E-state index contributed by atoms with van der Waals surface area (Å²) < 4.78 is 39.6. The van der Waals surface area contributed by atoms with Crippen LogP contribution in [0.1, 0.15) is 11.6 Å². The average molecular weight is 260 g/mol. The number of nitrogens with zero attached hydrogens (tertiary/aromatic N) is 1. The third kappa shape index (κ3) is 2.76. The van der Waals surface area contributed by atoms with Crippen molar-refractivity contribution >= 4 is 0 Å². The molecule has 1 aliphatic heterocycles. The lowest BCUT2D eigenvalue weighted by Crippen LogP contribution is -2.49. The Hall–Kier alpha value is -1.27. The standard InChI is InChI=1S/C12H15F3N2O/c13-12(14,15)11(17-7-5-16-6-8-17)9-3-1-2-4-10(9)18/h1-4,11,16,18H,5-8H2/t11-/m0/s1. The van der Waals surface area contributed by atoms with E-state index in [1.807, 2.05) is 0 Å². The Bertz CT molecular complexity index is 403. The number of para-hydroxylation sites is 1. The first-order valence-corrected chi connectivity index (χ1v) is 5.79. The second-order valence-electron chi connectivity index (χ2n) is 4.29. The molecule has 0 amide bonds. The van der Waals surface area contributed by atoms with Gasteiger partial charge in [0.25, 0.3) is 0 Å². The third-order valence-corrected chi connectivity index (χ3v) is 3.06. The maximum Gasteiger partial charge on any atom is 0.408 e. The lowest BCUT2D eigenvalue weighted by Gasteiger charge is -2.36. The summed E-state index contributed by atoms with van der Waals surface area (Å²) in [6.07, 6.45) is -4.39. The van der Waals surface area contributed by atoms with E-state index in [-0.39, 0.29) is 11.3 Å². The monoisotopic (exact) mass is 260 g/mol. The largest absolute Gasteiger partial charge is 0.508 e. The molecule has 100 valence electrons. The SMILES string of the molecule is Oc1ccccc1[C@H](N1CCNCC1)C(F)(F)F. The van der Waals surface area contributed by atoms with Crippen molar-refractivity contribution in [1.29, 1.82) is 0 Å². The molecule has 6 heteroatoms. The molecule has 2 N–H and O–H groups in total. The van der Waals surface area contributed by atoms with E-state index in [9.17, 15) is 18.3 Å². The lowest BCUT2D eigenvalue weighted by atomic mass is 10.0. The van der Waals surface area contributed by atoms with Crippen molar-refractivity contribution in [2.24, 2.45) is 0 Å². The van der Waals surface area contributed by atoms with Gasteiger partial charge >= 0.3 is 6.18 Å². The predicted molar refractivity (Wildman–Crippen MR) is 61.3 cm³/mol. The van der Waals surface area contributed by atoms with Crippen LogP contribution in [-0.2, 0) is 0 Å². The number of rotatable bonds is 2. The zero-order valence-corrected chi connectivity index (χ0v) is 9.74. The highest BCUT2D eigenvalue weighted by molar-refractivity contribution is 5.35. The number of piperazine rings is 1. The van der Waals surface area contributed by atoms with Gasteiger partial charge in [-0.15, -0.1) is 0 Å². The summed E-state index contributed by atoms with van der Waals surface area (Å²) in [7, 11) is 0. The number of hydrogen-bond donors (Lipinski definition) is 2. The van der Waals surface area contributed by atoms with Gasteiger partial charge in [0.15, 0.2) is 0 Å². The van der Waals surface area contributed by atoms with E-state index in [1.54, 1.807) is 0 Å². The van der Waals surface area contributed by atoms with Gasteiger partial charge in [-0.1, -0.05) is 18.2 Å². The Labute approximate surface area is 103 Å². The van der Waals surface area contributed by atoms with Crippen molar-refractivity contribution in [3.63, 3.8) is 0 Å². The number of halogens is 3. The molecule has 1 aromatic rings. The molecule has 1 fully saturated rings. The lowest BCUT2D eigenvalue weighted by molar-refractivity contribution is -0.188. The fourth-order valence-corrected chi connectivity index (χ4v) is 2.24. The highest BCUT2D eigenvalue weighted by atomic mass is 19.4. The molecule has 0 aliphatic carbocycles. The minimum absolute atomic E-state index is 0.0769. The van der Waals surface area contributed by atoms with Crippen molar-refractivity contribution in [2.45, 2.75) is 12.2 Å². The topological polar surface area (TPSA) is 35.5 Å². The Balaban J connectivity index is 2.34.